The molecule has 0 bridgehead atoms. The molecule has 1 amide bonds. The average molecular weight is 209 g/mol. The highest BCUT2D eigenvalue weighted by Gasteiger charge is 2.27. The van der Waals surface area contributed by atoms with Gasteiger partial charge in [-0.3, -0.25) is 4.90 Å². The van der Waals surface area contributed by atoms with E-state index in [1.54, 1.807) is 17.0 Å². The van der Waals surface area contributed by atoms with Gasteiger partial charge < -0.3 is 4.74 Å². The highest BCUT2D eigenvalue weighted by Crippen LogP contribution is 2.23. The van der Waals surface area contributed by atoms with Gasteiger partial charge in [0.1, 0.15) is 12.4 Å². The summed E-state index contributed by atoms with van der Waals surface area (Å²) in [6.07, 6.45) is -0.299. The van der Waals surface area contributed by atoms with Crippen LogP contribution in [0.5, 0.6) is 0 Å². The lowest BCUT2D eigenvalue weighted by Gasteiger charge is -2.21. The van der Waals surface area contributed by atoms with Crippen LogP contribution in [0.25, 0.3) is 0 Å². The zero-order valence-electron chi connectivity index (χ0n) is 8.44. The molecule has 1 aliphatic heterocycles. The molecule has 1 atom stereocenters. The maximum Gasteiger partial charge on any atom is 0.410 e. The van der Waals surface area contributed by atoms with Crippen LogP contribution in [0.1, 0.15) is 18.5 Å². The normalized spacial score (nSPS) is 17.7. The second-order valence-electron chi connectivity index (χ2n) is 3.54. The predicted octanol–water partition coefficient (Wildman–Crippen LogP) is 2.34. The molecule has 15 heavy (non-hydrogen) atoms. The smallest absolute Gasteiger partial charge is 0.410 e. The molecule has 1 aromatic rings. The van der Waals surface area contributed by atoms with E-state index in [2.05, 4.69) is 0 Å². The highest BCUT2D eigenvalue weighted by atomic mass is 19.1. The van der Waals surface area contributed by atoms with E-state index in [9.17, 15) is 9.18 Å². The molecule has 0 N–H and O–H groups in total. The zero-order chi connectivity index (χ0) is 10.8. The summed E-state index contributed by atoms with van der Waals surface area (Å²) >= 11 is 0. The molecule has 0 saturated carbocycles. The molecule has 80 valence electrons. The molecule has 4 heteroatoms. The Labute approximate surface area is 87.5 Å². The molecule has 3 nitrogen and oxygen atoms in total. The minimum atomic E-state index is -0.299. The van der Waals surface area contributed by atoms with Crippen molar-refractivity contribution in [1.82, 2.24) is 4.90 Å². The standard InChI is InChI=1S/C11H12FNO2/c1-8(13-6-7-15-11(13)14)9-2-4-10(12)5-3-9/h2-5,8H,6-7H2,1H3. The number of carbonyl (C=O) groups is 1. The average Bonchev–Trinajstić information content (AvgIpc) is 2.65. The summed E-state index contributed by atoms with van der Waals surface area (Å²) in [6, 6.07) is 6.10. The third-order valence-electron chi connectivity index (χ3n) is 2.61. The summed E-state index contributed by atoms with van der Waals surface area (Å²) < 4.78 is 17.5. The van der Waals surface area contributed by atoms with E-state index in [4.69, 9.17) is 4.74 Å². The molecule has 1 aliphatic rings. The van der Waals surface area contributed by atoms with Crippen LogP contribution in [0.15, 0.2) is 24.3 Å². The predicted molar refractivity (Wildman–Crippen MR) is 52.9 cm³/mol. The van der Waals surface area contributed by atoms with Crippen molar-refractivity contribution in [3.8, 4) is 0 Å². The van der Waals surface area contributed by atoms with Crippen molar-refractivity contribution in [1.29, 1.82) is 0 Å². The maximum atomic E-state index is 12.7. The topological polar surface area (TPSA) is 29.5 Å². The van der Waals surface area contributed by atoms with E-state index in [-0.39, 0.29) is 18.0 Å². The van der Waals surface area contributed by atoms with Crippen molar-refractivity contribution in [2.45, 2.75) is 13.0 Å². The Morgan fingerprint density at radius 3 is 2.60 bits per heavy atom. The van der Waals surface area contributed by atoms with Crippen molar-refractivity contribution in [2.75, 3.05) is 13.2 Å². The number of benzene rings is 1. The quantitative estimate of drug-likeness (QED) is 0.748. The van der Waals surface area contributed by atoms with Crippen LogP contribution >= 0.6 is 0 Å². The lowest BCUT2D eigenvalue weighted by Crippen LogP contribution is -2.27. The molecule has 1 aromatic carbocycles. The Morgan fingerprint density at radius 1 is 1.40 bits per heavy atom. The fourth-order valence-electron chi connectivity index (χ4n) is 1.68. The van der Waals surface area contributed by atoms with Gasteiger partial charge in [-0.1, -0.05) is 12.1 Å². The van der Waals surface area contributed by atoms with Gasteiger partial charge in [0, 0.05) is 0 Å². The lowest BCUT2D eigenvalue weighted by atomic mass is 10.1. The molecule has 1 saturated heterocycles. The molecule has 1 unspecified atom stereocenters. The van der Waals surface area contributed by atoms with Gasteiger partial charge in [-0.05, 0) is 24.6 Å². The first-order chi connectivity index (χ1) is 7.18. The number of carbonyl (C=O) groups excluding carboxylic acids is 1. The number of nitrogens with zero attached hydrogens (tertiary/aromatic N) is 1. The first-order valence-electron chi connectivity index (χ1n) is 4.87. The summed E-state index contributed by atoms with van der Waals surface area (Å²) in [7, 11) is 0. The monoisotopic (exact) mass is 209 g/mol. The Kier molecular flexibility index (Phi) is 2.58. The summed E-state index contributed by atoms with van der Waals surface area (Å²) in [5.41, 5.74) is 0.912. The van der Waals surface area contributed by atoms with Crippen LogP contribution < -0.4 is 0 Å². The van der Waals surface area contributed by atoms with E-state index >= 15 is 0 Å². The summed E-state index contributed by atoms with van der Waals surface area (Å²) in [5.74, 6) is -0.269. The van der Waals surface area contributed by atoms with Gasteiger partial charge in [-0.25, -0.2) is 9.18 Å². The minimum Gasteiger partial charge on any atom is -0.448 e. The second kappa shape index (κ2) is 3.88. The van der Waals surface area contributed by atoms with Gasteiger partial charge >= 0.3 is 6.09 Å². The molecular weight excluding hydrogens is 197 g/mol. The van der Waals surface area contributed by atoms with Crippen molar-refractivity contribution in [3.05, 3.63) is 35.6 Å². The first kappa shape index (κ1) is 9.96. The third kappa shape index (κ3) is 1.93. The molecular formula is C11H12FNO2. The second-order valence-corrected chi connectivity index (χ2v) is 3.54. The zero-order valence-corrected chi connectivity index (χ0v) is 8.44. The van der Waals surface area contributed by atoms with Gasteiger partial charge in [0.2, 0.25) is 0 Å². The molecule has 0 aliphatic carbocycles. The van der Waals surface area contributed by atoms with Crippen LogP contribution in [0, 0.1) is 5.82 Å². The number of ether oxygens (including phenoxy) is 1. The largest absolute Gasteiger partial charge is 0.448 e. The van der Waals surface area contributed by atoms with E-state index in [0.29, 0.717) is 13.2 Å². The van der Waals surface area contributed by atoms with Gasteiger partial charge in [0.25, 0.3) is 0 Å². The van der Waals surface area contributed by atoms with Crippen molar-refractivity contribution >= 4 is 6.09 Å². The molecule has 0 aromatic heterocycles. The number of cyclic esters (lactones) is 1. The maximum absolute atomic E-state index is 12.7. The van der Waals surface area contributed by atoms with Crippen LogP contribution in [0.3, 0.4) is 0 Å². The van der Waals surface area contributed by atoms with E-state index in [0.717, 1.165) is 5.56 Å². The summed E-state index contributed by atoms with van der Waals surface area (Å²) in [4.78, 5) is 12.9. The Bertz CT molecular complexity index is 363. The highest BCUT2D eigenvalue weighted by molar-refractivity contribution is 5.70. The molecule has 0 spiro atoms. The Balaban J connectivity index is 2.16. The first-order valence-corrected chi connectivity index (χ1v) is 4.87. The van der Waals surface area contributed by atoms with Crippen molar-refractivity contribution < 1.29 is 13.9 Å². The van der Waals surface area contributed by atoms with Crippen LogP contribution in [-0.2, 0) is 4.74 Å². The van der Waals surface area contributed by atoms with E-state index in [1.165, 1.54) is 12.1 Å². The van der Waals surface area contributed by atoms with Gasteiger partial charge in [-0.2, -0.15) is 0 Å². The van der Waals surface area contributed by atoms with Crippen LogP contribution in [0.4, 0.5) is 9.18 Å². The summed E-state index contributed by atoms with van der Waals surface area (Å²) in [6.45, 7) is 2.93. The fraction of sp³-hybridized carbons (Fsp3) is 0.364. The number of hydrogen-bond acceptors (Lipinski definition) is 2. The van der Waals surface area contributed by atoms with Crippen LogP contribution in [-0.4, -0.2) is 24.1 Å². The van der Waals surface area contributed by atoms with Crippen molar-refractivity contribution in [3.63, 3.8) is 0 Å². The summed E-state index contributed by atoms with van der Waals surface area (Å²) in [5, 5.41) is 0. The van der Waals surface area contributed by atoms with Gasteiger partial charge in [0.15, 0.2) is 0 Å². The molecule has 0 radical (unpaired) electrons. The molecule has 2 rings (SSSR count). The van der Waals surface area contributed by atoms with Crippen molar-refractivity contribution in [2.24, 2.45) is 0 Å². The number of halogens is 1. The molecule has 1 heterocycles. The van der Waals surface area contributed by atoms with E-state index < -0.39 is 0 Å². The number of rotatable bonds is 2. The third-order valence-corrected chi connectivity index (χ3v) is 2.61. The Hall–Kier alpha value is -1.58. The van der Waals surface area contributed by atoms with Gasteiger partial charge in [0.05, 0.1) is 12.6 Å². The van der Waals surface area contributed by atoms with E-state index in [1.807, 2.05) is 6.92 Å². The number of hydrogen-bond donors (Lipinski definition) is 0. The SMILES string of the molecule is CC(c1ccc(F)cc1)N1CCOC1=O. The van der Waals surface area contributed by atoms with Gasteiger partial charge in [-0.15, -0.1) is 0 Å². The van der Waals surface area contributed by atoms with Crippen LogP contribution in [0.2, 0.25) is 0 Å². The molecule has 1 fully saturated rings. The Morgan fingerprint density at radius 2 is 2.07 bits per heavy atom. The lowest BCUT2D eigenvalue weighted by molar-refractivity contribution is 0.150. The fourth-order valence-corrected chi connectivity index (χ4v) is 1.68. The minimum absolute atomic E-state index is 0.0689. The number of amides is 1.